The maximum atomic E-state index is 11.5. The van der Waals surface area contributed by atoms with Gasteiger partial charge >= 0.3 is 5.69 Å². The third kappa shape index (κ3) is 6.16. The predicted octanol–water partition coefficient (Wildman–Crippen LogP) is 0.327. The summed E-state index contributed by atoms with van der Waals surface area (Å²) in [5.41, 5.74) is -0.121. The van der Waals surface area contributed by atoms with E-state index in [2.05, 4.69) is 15.7 Å². The molecule has 9 heteroatoms. The van der Waals surface area contributed by atoms with Crippen molar-refractivity contribution in [1.29, 1.82) is 0 Å². The second-order valence-corrected chi connectivity index (χ2v) is 3.92. The molecule has 1 aromatic rings. The maximum Gasteiger partial charge on any atom is 0.307 e. The van der Waals surface area contributed by atoms with Crippen molar-refractivity contribution in [3.8, 4) is 0 Å². The van der Waals surface area contributed by atoms with Crippen LogP contribution in [0.3, 0.4) is 0 Å². The molecular formula is C10H18ClN5O3. The highest BCUT2D eigenvalue weighted by Crippen LogP contribution is 2.07. The summed E-state index contributed by atoms with van der Waals surface area (Å²) < 4.78 is 1.24. The van der Waals surface area contributed by atoms with Gasteiger partial charge in [0.2, 0.25) is 5.91 Å². The van der Waals surface area contributed by atoms with Crippen LogP contribution in [0.1, 0.15) is 13.8 Å². The molecule has 1 atom stereocenters. The summed E-state index contributed by atoms with van der Waals surface area (Å²) in [5.74, 6) is -0.224. The largest absolute Gasteiger partial charge is 0.353 e. The number of likely N-dealkylation sites (N-methyl/N-ethyl adjacent to an activating group) is 1. The first-order valence-corrected chi connectivity index (χ1v) is 5.69. The molecule has 2 N–H and O–H groups in total. The lowest BCUT2D eigenvalue weighted by molar-refractivity contribution is -0.385. The zero-order valence-corrected chi connectivity index (χ0v) is 11.6. The first-order chi connectivity index (χ1) is 8.52. The Balaban J connectivity index is 0.00000324. The minimum absolute atomic E-state index is 0. The average molecular weight is 292 g/mol. The molecule has 0 fully saturated rings. The molecule has 1 aromatic heterocycles. The van der Waals surface area contributed by atoms with Gasteiger partial charge in [0.15, 0.2) is 0 Å². The van der Waals surface area contributed by atoms with Crippen LogP contribution >= 0.6 is 12.4 Å². The van der Waals surface area contributed by atoms with E-state index in [0.29, 0.717) is 6.54 Å². The first kappa shape index (κ1) is 17.3. The Kier molecular flexibility index (Phi) is 7.69. The van der Waals surface area contributed by atoms with Gasteiger partial charge in [-0.15, -0.1) is 12.4 Å². The second-order valence-electron chi connectivity index (χ2n) is 3.92. The molecule has 0 spiro atoms. The highest BCUT2D eigenvalue weighted by atomic mass is 35.5. The normalized spacial score (nSPS) is 11.5. The van der Waals surface area contributed by atoms with Gasteiger partial charge in [0, 0.05) is 12.6 Å². The molecule has 8 nitrogen and oxygen atoms in total. The van der Waals surface area contributed by atoms with Crippen molar-refractivity contribution in [1.82, 2.24) is 20.4 Å². The van der Waals surface area contributed by atoms with Crippen LogP contribution in [0.15, 0.2) is 12.4 Å². The number of aromatic nitrogens is 2. The van der Waals surface area contributed by atoms with Gasteiger partial charge in [0.25, 0.3) is 0 Å². The summed E-state index contributed by atoms with van der Waals surface area (Å²) in [5, 5.41) is 20.0. The van der Waals surface area contributed by atoms with E-state index in [1.165, 1.54) is 10.9 Å². The van der Waals surface area contributed by atoms with E-state index < -0.39 is 4.92 Å². The molecule has 1 amide bonds. The second kappa shape index (κ2) is 8.44. The Morgan fingerprint density at radius 1 is 1.63 bits per heavy atom. The molecule has 0 saturated carbocycles. The Morgan fingerprint density at radius 2 is 2.32 bits per heavy atom. The van der Waals surface area contributed by atoms with Crippen molar-refractivity contribution in [2.45, 2.75) is 26.4 Å². The molecule has 108 valence electrons. The molecule has 1 heterocycles. The molecule has 1 rings (SSSR count). The number of nitrogens with one attached hydrogen (secondary N) is 2. The Bertz CT molecular complexity index is 423. The van der Waals surface area contributed by atoms with Crippen LogP contribution in [-0.4, -0.2) is 39.7 Å². The van der Waals surface area contributed by atoms with Crippen LogP contribution in [0.5, 0.6) is 0 Å². The summed E-state index contributed by atoms with van der Waals surface area (Å²) >= 11 is 0. The van der Waals surface area contributed by atoms with Crippen molar-refractivity contribution >= 4 is 24.0 Å². The predicted molar refractivity (Wildman–Crippen MR) is 72.3 cm³/mol. The monoisotopic (exact) mass is 291 g/mol. The molecular weight excluding hydrogens is 274 g/mol. The number of hydrogen-bond donors (Lipinski definition) is 2. The molecule has 0 aromatic carbocycles. The van der Waals surface area contributed by atoms with E-state index in [1.54, 1.807) is 0 Å². The topological polar surface area (TPSA) is 102 Å². The summed E-state index contributed by atoms with van der Waals surface area (Å²) in [6.45, 7) is 5.27. The van der Waals surface area contributed by atoms with Gasteiger partial charge in [-0.25, -0.2) is 0 Å². The standard InChI is InChI=1S/C10H17N5O3.ClH/c1-3-11-8(2)4-12-10(16)7-14-6-9(5-13-14)15(17)18;/h5-6,8,11H,3-4,7H2,1-2H3,(H,12,16);1H/t8-;/m1./s1. The summed E-state index contributed by atoms with van der Waals surface area (Å²) in [6, 6.07) is 0.186. The lowest BCUT2D eigenvalue weighted by Gasteiger charge is -2.12. The van der Waals surface area contributed by atoms with Gasteiger partial charge in [-0.05, 0) is 13.5 Å². The molecule has 0 radical (unpaired) electrons. The van der Waals surface area contributed by atoms with Crippen LogP contribution < -0.4 is 10.6 Å². The zero-order chi connectivity index (χ0) is 13.5. The molecule has 19 heavy (non-hydrogen) atoms. The highest BCUT2D eigenvalue weighted by molar-refractivity contribution is 5.85. The lowest BCUT2D eigenvalue weighted by atomic mass is 10.3. The van der Waals surface area contributed by atoms with Crippen molar-refractivity contribution in [3.05, 3.63) is 22.5 Å². The van der Waals surface area contributed by atoms with Crippen molar-refractivity contribution in [3.63, 3.8) is 0 Å². The fourth-order valence-electron chi connectivity index (χ4n) is 1.42. The van der Waals surface area contributed by atoms with Gasteiger partial charge in [0.1, 0.15) is 18.9 Å². The van der Waals surface area contributed by atoms with Gasteiger partial charge in [-0.1, -0.05) is 6.92 Å². The fourth-order valence-corrected chi connectivity index (χ4v) is 1.42. The smallest absolute Gasteiger partial charge is 0.307 e. The number of halogens is 1. The van der Waals surface area contributed by atoms with Gasteiger partial charge < -0.3 is 10.6 Å². The van der Waals surface area contributed by atoms with E-state index in [1.807, 2.05) is 13.8 Å². The van der Waals surface area contributed by atoms with Crippen molar-refractivity contribution in [2.75, 3.05) is 13.1 Å². The molecule has 0 aliphatic rings. The SMILES string of the molecule is CCN[C@H](C)CNC(=O)Cn1cc([N+](=O)[O-])cn1.Cl. The van der Waals surface area contributed by atoms with E-state index in [4.69, 9.17) is 0 Å². The minimum atomic E-state index is -0.547. The van der Waals surface area contributed by atoms with Crippen LogP contribution in [0.4, 0.5) is 5.69 Å². The third-order valence-electron chi connectivity index (χ3n) is 2.29. The Labute approximate surface area is 117 Å². The highest BCUT2D eigenvalue weighted by Gasteiger charge is 2.11. The number of hydrogen-bond acceptors (Lipinski definition) is 5. The number of nitro groups is 1. The molecule has 0 unspecified atom stereocenters. The Morgan fingerprint density at radius 3 is 2.84 bits per heavy atom. The van der Waals surface area contributed by atoms with Crippen LogP contribution in [0, 0.1) is 10.1 Å². The maximum absolute atomic E-state index is 11.5. The van der Waals surface area contributed by atoms with Crippen LogP contribution in [0.2, 0.25) is 0 Å². The number of carbonyl (C=O) groups excluding carboxylic acids is 1. The summed E-state index contributed by atoms with van der Waals surface area (Å²) in [6.07, 6.45) is 2.35. The lowest BCUT2D eigenvalue weighted by Crippen LogP contribution is -2.40. The van der Waals surface area contributed by atoms with Crippen LogP contribution in [-0.2, 0) is 11.3 Å². The molecule has 0 bridgehead atoms. The van der Waals surface area contributed by atoms with Gasteiger partial charge in [0.05, 0.1) is 4.92 Å². The first-order valence-electron chi connectivity index (χ1n) is 5.69. The van der Waals surface area contributed by atoms with Crippen molar-refractivity contribution < 1.29 is 9.72 Å². The average Bonchev–Trinajstić information content (AvgIpc) is 2.75. The van der Waals surface area contributed by atoms with E-state index in [9.17, 15) is 14.9 Å². The summed E-state index contributed by atoms with van der Waals surface area (Å²) in [7, 11) is 0. The quantitative estimate of drug-likeness (QED) is 0.557. The zero-order valence-electron chi connectivity index (χ0n) is 10.8. The van der Waals surface area contributed by atoms with Crippen molar-refractivity contribution in [2.24, 2.45) is 0 Å². The Hall–Kier alpha value is -1.67. The van der Waals surface area contributed by atoms with E-state index >= 15 is 0 Å². The van der Waals surface area contributed by atoms with Crippen LogP contribution in [0.25, 0.3) is 0 Å². The number of rotatable bonds is 7. The fraction of sp³-hybridized carbons (Fsp3) is 0.600. The van der Waals surface area contributed by atoms with Gasteiger partial charge in [-0.2, -0.15) is 5.10 Å². The molecule has 0 saturated heterocycles. The van der Waals surface area contributed by atoms with E-state index in [-0.39, 0.29) is 36.6 Å². The third-order valence-corrected chi connectivity index (χ3v) is 2.29. The van der Waals surface area contributed by atoms with E-state index in [0.717, 1.165) is 12.7 Å². The summed E-state index contributed by atoms with van der Waals surface area (Å²) in [4.78, 5) is 21.4. The number of carbonyl (C=O) groups is 1. The molecule has 0 aliphatic carbocycles. The minimum Gasteiger partial charge on any atom is -0.353 e. The molecule has 0 aliphatic heterocycles. The number of nitrogens with zero attached hydrogens (tertiary/aromatic N) is 3. The van der Waals surface area contributed by atoms with Gasteiger partial charge in [-0.3, -0.25) is 19.6 Å². The number of amides is 1.